The number of ether oxygens (including phenoxy) is 2. The molecule has 4 aromatic rings. The van der Waals surface area contributed by atoms with Crippen LogP contribution in [0.25, 0.3) is 21.6 Å². The summed E-state index contributed by atoms with van der Waals surface area (Å²) in [7, 11) is -1.16. The molecule has 0 unspecified atom stereocenters. The van der Waals surface area contributed by atoms with Gasteiger partial charge in [-0.1, -0.05) is 44.8 Å². The average molecular weight is 593 g/mol. The summed E-state index contributed by atoms with van der Waals surface area (Å²) >= 11 is 1.59. The molecule has 4 aromatic heterocycles. The third-order valence-corrected chi connectivity index (χ3v) is 9.73. The fourth-order valence-corrected chi connectivity index (χ4v) is 5.93. The van der Waals surface area contributed by atoms with Gasteiger partial charge in [-0.25, -0.2) is 4.98 Å². The van der Waals surface area contributed by atoms with Crippen molar-refractivity contribution < 1.29 is 9.47 Å². The molecule has 0 saturated carbocycles. The van der Waals surface area contributed by atoms with E-state index in [1.807, 2.05) is 24.5 Å². The van der Waals surface area contributed by atoms with Crippen LogP contribution in [-0.2, 0) is 16.0 Å². The van der Waals surface area contributed by atoms with E-state index < -0.39 is 8.07 Å². The first-order valence-corrected chi connectivity index (χ1v) is 18.7. The van der Waals surface area contributed by atoms with E-state index in [1.165, 1.54) is 0 Å². The Labute approximate surface area is 247 Å². The monoisotopic (exact) mass is 592 g/mol. The van der Waals surface area contributed by atoms with Gasteiger partial charge >= 0.3 is 0 Å². The van der Waals surface area contributed by atoms with Gasteiger partial charge in [0.05, 0.1) is 59.3 Å². The van der Waals surface area contributed by atoms with Crippen LogP contribution < -0.4 is 10.6 Å². The van der Waals surface area contributed by atoms with E-state index >= 15 is 0 Å². The predicted octanol–water partition coefficient (Wildman–Crippen LogP) is 5.97. The number of pyridine rings is 3. The summed E-state index contributed by atoms with van der Waals surface area (Å²) in [6, 6.07) is 9.26. The van der Waals surface area contributed by atoms with Crippen LogP contribution in [0.5, 0.6) is 0 Å². The van der Waals surface area contributed by atoms with Crippen molar-refractivity contribution in [3.63, 3.8) is 0 Å². The second kappa shape index (κ2) is 13.3. The molecule has 0 atom stereocenters. The quantitative estimate of drug-likeness (QED) is 0.116. The molecule has 0 amide bonds. The first-order valence-electron chi connectivity index (χ1n) is 14.2. The molecule has 2 N–H and O–H groups in total. The maximum absolute atomic E-state index is 5.93. The summed E-state index contributed by atoms with van der Waals surface area (Å²) in [5, 5.41) is 17.5. The third kappa shape index (κ3) is 8.26. The molecule has 12 heteroatoms. The highest BCUT2D eigenvalue weighted by Crippen LogP contribution is 2.34. The van der Waals surface area contributed by atoms with Gasteiger partial charge in [0.25, 0.3) is 0 Å². The Hall–Kier alpha value is -3.03. The Morgan fingerprint density at radius 2 is 1.83 bits per heavy atom. The van der Waals surface area contributed by atoms with Crippen LogP contribution in [0.4, 0.5) is 17.2 Å². The summed E-state index contributed by atoms with van der Waals surface area (Å²) < 4.78 is 11.4. The number of hydrogen-bond donors (Lipinski definition) is 2. The fraction of sp³-hybridized carbons (Fsp3) is 0.483. The minimum Gasteiger partial charge on any atom is -0.379 e. The second-order valence-electron chi connectivity index (χ2n) is 11.8. The predicted molar refractivity (Wildman–Crippen MR) is 169 cm³/mol. The van der Waals surface area contributed by atoms with Gasteiger partial charge in [-0.15, -0.1) is 10.2 Å². The second-order valence-corrected chi connectivity index (χ2v) is 18.5. The van der Waals surface area contributed by atoms with Crippen molar-refractivity contribution in [3.05, 3.63) is 47.4 Å². The number of nitrogens with one attached hydrogen (secondary N) is 2. The van der Waals surface area contributed by atoms with Crippen LogP contribution in [-0.4, -0.2) is 77.8 Å². The number of nitrogens with zero attached hydrogens (tertiary/aromatic N) is 6. The van der Waals surface area contributed by atoms with E-state index in [1.54, 1.807) is 11.3 Å². The standard InChI is InChI=1S/C29H40N8O2SSi/c1-20(2)28-35-36-29(40-28)24-15-25-26(34-27(24)32-19-39-12-13-41(3,4)5)14-23(17-31-25)33-21-6-7-22(30-16-21)18-37-8-10-38-11-9-37/h6-7,14-17,20,33H,8-13,18-19H2,1-5H3,(H,32,34). The smallest absolute Gasteiger partial charge is 0.151 e. The normalized spacial score (nSPS) is 14.6. The minimum absolute atomic E-state index is 0.311. The molecule has 1 aliphatic heterocycles. The molecule has 1 aliphatic rings. The first kappa shape index (κ1) is 29.5. The Kier molecular flexibility index (Phi) is 9.55. The zero-order valence-electron chi connectivity index (χ0n) is 24.6. The lowest BCUT2D eigenvalue weighted by Gasteiger charge is -2.26. The van der Waals surface area contributed by atoms with E-state index in [9.17, 15) is 0 Å². The third-order valence-electron chi connectivity index (χ3n) is 6.77. The molecule has 41 heavy (non-hydrogen) atoms. The molecule has 5 rings (SSSR count). The highest BCUT2D eigenvalue weighted by molar-refractivity contribution is 7.14. The van der Waals surface area contributed by atoms with E-state index in [-0.39, 0.29) is 0 Å². The lowest BCUT2D eigenvalue weighted by atomic mass is 10.2. The zero-order valence-corrected chi connectivity index (χ0v) is 26.4. The molecule has 0 spiro atoms. The van der Waals surface area contributed by atoms with Crippen molar-refractivity contribution in [2.75, 3.05) is 50.3 Å². The van der Waals surface area contributed by atoms with Crippen molar-refractivity contribution in [2.24, 2.45) is 0 Å². The fourth-order valence-electron chi connectivity index (χ4n) is 4.31. The number of fused-ring (bicyclic) bond motifs is 1. The Morgan fingerprint density at radius 1 is 1.02 bits per heavy atom. The van der Waals surface area contributed by atoms with Crippen LogP contribution >= 0.6 is 11.3 Å². The highest BCUT2D eigenvalue weighted by Gasteiger charge is 2.17. The maximum atomic E-state index is 5.93. The molecule has 1 fully saturated rings. The Morgan fingerprint density at radius 3 is 2.54 bits per heavy atom. The van der Waals surface area contributed by atoms with Crippen molar-refractivity contribution in [1.82, 2.24) is 30.0 Å². The highest BCUT2D eigenvalue weighted by atomic mass is 32.1. The van der Waals surface area contributed by atoms with Gasteiger partial charge in [0.1, 0.15) is 17.6 Å². The van der Waals surface area contributed by atoms with Gasteiger partial charge in [-0.3, -0.25) is 14.9 Å². The lowest BCUT2D eigenvalue weighted by molar-refractivity contribution is 0.0336. The lowest BCUT2D eigenvalue weighted by Crippen LogP contribution is -2.35. The molecule has 5 heterocycles. The Bertz CT molecular complexity index is 1440. The summed E-state index contributed by atoms with van der Waals surface area (Å²) in [5.74, 6) is 1.02. The average Bonchev–Trinajstić information content (AvgIpc) is 3.44. The van der Waals surface area contributed by atoms with Gasteiger partial charge in [0.15, 0.2) is 5.01 Å². The van der Waals surface area contributed by atoms with Crippen LogP contribution in [0.1, 0.15) is 30.5 Å². The number of anilines is 3. The SMILES string of the molecule is CC(C)c1nnc(-c2cc3ncc(Nc4ccc(CN5CCOCC5)nc4)cc3nc2NCOCC[Si](C)(C)C)s1. The molecule has 0 radical (unpaired) electrons. The maximum Gasteiger partial charge on any atom is 0.151 e. The van der Waals surface area contributed by atoms with Crippen LogP contribution in [0.3, 0.4) is 0 Å². The zero-order chi connectivity index (χ0) is 28.8. The van der Waals surface area contributed by atoms with Crippen molar-refractivity contribution in [2.45, 2.75) is 52.0 Å². The molecular formula is C29H40N8O2SSi. The van der Waals surface area contributed by atoms with Gasteiger partial charge < -0.3 is 20.1 Å². The summed E-state index contributed by atoms with van der Waals surface area (Å²) in [5.41, 5.74) is 5.23. The van der Waals surface area contributed by atoms with Gasteiger partial charge in [-0.2, -0.15) is 0 Å². The van der Waals surface area contributed by atoms with Gasteiger partial charge in [-0.05, 0) is 30.3 Å². The molecule has 10 nitrogen and oxygen atoms in total. The van der Waals surface area contributed by atoms with Crippen molar-refractivity contribution in [3.8, 4) is 10.6 Å². The number of rotatable bonds is 12. The molecular weight excluding hydrogens is 553 g/mol. The topological polar surface area (TPSA) is 110 Å². The summed E-state index contributed by atoms with van der Waals surface area (Å²) in [6.45, 7) is 16.7. The largest absolute Gasteiger partial charge is 0.379 e. The molecule has 1 saturated heterocycles. The molecule has 0 aliphatic carbocycles. The van der Waals surface area contributed by atoms with Crippen molar-refractivity contribution >= 4 is 47.6 Å². The minimum atomic E-state index is -1.16. The van der Waals surface area contributed by atoms with Gasteiger partial charge in [0.2, 0.25) is 0 Å². The van der Waals surface area contributed by atoms with E-state index in [0.29, 0.717) is 18.5 Å². The van der Waals surface area contributed by atoms with Gasteiger partial charge in [0, 0.05) is 40.2 Å². The number of hydrogen-bond acceptors (Lipinski definition) is 11. The number of morpholine rings is 1. The van der Waals surface area contributed by atoms with E-state index in [4.69, 9.17) is 19.4 Å². The molecule has 0 bridgehead atoms. The summed E-state index contributed by atoms with van der Waals surface area (Å²) in [6.07, 6.45) is 3.69. The van der Waals surface area contributed by atoms with Crippen LogP contribution in [0.15, 0.2) is 36.7 Å². The van der Waals surface area contributed by atoms with Crippen LogP contribution in [0, 0.1) is 0 Å². The first-order chi connectivity index (χ1) is 19.7. The van der Waals surface area contributed by atoms with Crippen LogP contribution in [0.2, 0.25) is 25.7 Å². The number of aromatic nitrogens is 5. The van der Waals surface area contributed by atoms with E-state index in [0.717, 1.165) is 89.2 Å². The van der Waals surface area contributed by atoms with Crippen molar-refractivity contribution in [1.29, 1.82) is 0 Å². The molecule has 0 aromatic carbocycles. The van der Waals surface area contributed by atoms with E-state index in [2.05, 4.69) is 76.3 Å². The summed E-state index contributed by atoms with van der Waals surface area (Å²) in [4.78, 5) is 16.7. The Balaban J connectivity index is 1.33. The molecule has 218 valence electrons.